The molecule has 0 amide bonds. The Bertz CT molecular complexity index is 3230. The van der Waals surface area contributed by atoms with Crippen LogP contribution in [0.1, 0.15) is 79.5 Å². The van der Waals surface area contributed by atoms with Crippen molar-refractivity contribution >= 4 is 68.6 Å². The van der Waals surface area contributed by atoms with E-state index in [-0.39, 0.29) is 10.8 Å². The fraction of sp³-hybridized carbons (Fsp3) is 0.172. The maximum atomic E-state index is 6.66. The number of aryl methyl sites for hydroxylation is 1. The van der Waals surface area contributed by atoms with Gasteiger partial charge in [0.25, 0.3) is 0 Å². The lowest BCUT2D eigenvalue weighted by atomic mass is 9.54. The molecule has 1 N–H and O–H groups in total. The highest BCUT2D eigenvalue weighted by Gasteiger charge is 2.48. The Morgan fingerprint density at radius 1 is 0.565 bits per heavy atom. The molecule has 3 aliphatic rings. The normalized spacial score (nSPS) is 16.2. The first-order valence-corrected chi connectivity index (χ1v) is 22.3. The fourth-order valence-electron chi connectivity index (χ4n) is 11.6. The number of benzene rings is 8. The van der Waals surface area contributed by atoms with Crippen molar-refractivity contribution < 1.29 is 4.42 Å². The molecule has 0 atom stereocenters. The number of hydrogen-bond donors (Lipinski definition) is 1. The molecule has 0 unspecified atom stereocenters. The van der Waals surface area contributed by atoms with Crippen LogP contribution in [0.15, 0.2) is 174 Å². The van der Waals surface area contributed by atoms with Crippen LogP contribution in [-0.4, -0.2) is 7.28 Å². The highest BCUT2D eigenvalue weighted by atomic mass is 16.3. The lowest BCUT2D eigenvalue weighted by molar-refractivity contribution is 0.332. The first-order valence-electron chi connectivity index (χ1n) is 22.3. The molecule has 0 saturated carbocycles. The second kappa shape index (κ2) is 13.4. The van der Waals surface area contributed by atoms with Crippen molar-refractivity contribution in [2.45, 2.75) is 63.7 Å². The molecule has 4 heteroatoms. The van der Waals surface area contributed by atoms with E-state index < -0.39 is 5.41 Å². The summed E-state index contributed by atoms with van der Waals surface area (Å²) in [4.78, 5) is 2.59. The van der Waals surface area contributed by atoms with E-state index in [9.17, 15) is 0 Å². The Labute approximate surface area is 365 Å². The lowest BCUT2D eigenvalue weighted by Crippen LogP contribution is -2.47. The third-order valence-electron chi connectivity index (χ3n) is 14.6. The number of nitrogens with zero attached hydrogens (tertiary/aromatic N) is 1. The Morgan fingerprint density at radius 2 is 1.24 bits per heavy atom. The molecule has 8 aromatic carbocycles. The zero-order chi connectivity index (χ0) is 42.0. The second-order valence-corrected chi connectivity index (χ2v) is 19.2. The molecule has 1 aromatic heterocycles. The van der Waals surface area contributed by atoms with Crippen LogP contribution in [0.25, 0.3) is 33.1 Å². The van der Waals surface area contributed by atoms with Gasteiger partial charge in [-0.05, 0) is 123 Å². The Hall–Kier alpha value is -6.78. The van der Waals surface area contributed by atoms with Gasteiger partial charge in [-0.3, -0.25) is 0 Å². The van der Waals surface area contributed by atoms with Crippen molar-refractivity contribution in [2.24, 2.45) is 0 Å². The van der Waals surface area contributed by atoms with Gasteiger partial charge in [0.05, 0.1) is 11.1 Å². The first-order chi connectivity index (χ1) is 30.1. The molecule has 1 aliphatic carbocycles. The van der Waals surface area contributed by atoms with Gasteiger partial charge in [-0.2, -0.15) is 0 Å². The van der Waals surface area contributed by atoms with E-state index in [1.165, 1.54) is 90.9 Å². The van der Waals surface area contributed by atoms with E-state index in [0.717, 1.165) is 40.6 Å². The van der Waals surface area contributed by atoms with Crippen LogP contribution >= 0.6 is 0 Å². The van der Waals surface area contributed by atoms with Gasteiger partial charge in [0, 0.05) is 39.1 Å². The molecule has 0 saturated heterocycles. The maximum Gasteiger partial charge on any atom is 0.198 e. The highest BCUT2D eigenvalue weighted by molar-refractivity contribution is 6.73. The molecular weight excluding hydrogens is 751 g/mol. The van der Waals surface area contributed by atoms with Crippen molar-refractivity contribution in [3.63, 3.8) is 0 Å². The lowest BCUT2D eigenvalue weighted by Gasteiger charge is -2.49. The van der Waals surface area contributed by atoms with E-state index in [1.54, 1.807) is 0 Å². The predicted octanol–water partition coefficient (Wildman–Crippen LogP) is 13.5. The minimum Gasteiger partial charge on any atom is -0.456 e. The Balaban J connectivity index is 1.12. The van der Waals surface area contributed by atoms with Gasteiger partial charge in [0.15, 0.2) is 7.28 Å². The minimum absolute atomic E-state index is 0.0985. The van der Waals surface area contributed by atoms with Gasteiger partial charge in [-0.15, -0.1) is 0 Å². The Kier molecular flexibility index (Phi) is 7.98. The average Bonchev–Trinajstić information content (AvgIpc) is 3.67. The quantitative estimate of drug-likeness (QED) is 0.176. The summed E-state index contributed by atoms with van der Waals surface area (Å²) in [5.41, 5.74) is 21.8. The summed E-state index contributed by atoms with van der Waals surface area (Å²) in [6, 6.07) is 63.3. The molecule has 0 spiro atoms. The highest BCUT2D eigenvalue weighted by Crippen LogP contribution is 2.58. The summed E-state index contributed by atoms with van der Waals surface area (Å²) < 4.78 is 6.66. The third kappa shape index (κ3) is 5.25. The first kappa shape index (κ1) is 37.0. The number of fused-ring (bicyclic) bond motifs is 8. The molecule has 0 bridgehead atoms. The molecule has 3 nitrogen and oxygen atoms in total. The summed E-state index contributed by atoms with van der Waals surface area (Å²) in [5, 5.41) is 6.30. The zero-order valence-electron chi connectivity index (χ0n) is 36.1. The van der Waals surface area contributed by atoms with Crippen LogP contribution in [0.4, 0.5) is 28.4 Å². The molecule has 3 heterocycles. The van der Waals surface area contributed by atoms with Crippen molar-refractivity contribution in [1.82, 2.24) is 0 Å². The summed E-state index contributed by atoms with van der Waals surface area (Å²) in [6.07, 6.45) is 2.36. The molecule has 0 fully saturated rings. The van der Waals surface area contributed by atoms with E-state index in [4.69, 9.17) is 4.42 Å². The SMILES string of the molecule is Cc1cc(-c2c(Nc3ccc4c(c3)C(C)(C)CCC4(C)C)ccc3oc4ccccc4c23)c2c(c1)N1c3ccccc3C(c3ccccc3)(c3ccccc3)c3cccc(c31)B2. The molecule has 300 valence electrons. The number of rotatable bonds is 5. The number of anilines is 5. The monoisotopic (exact) mass is 800 g/mol. The van der Waals surface area contributed by atoms with Gasteiger partial charge in [-0.25, -0.2) is 0 Å². The number of nitrogens with one attached hydrogen (secondary N) is 1. The van der Waals surface area contributed by atoms with E-state index in [1.807, 2.05) is 0 Å². The molecule has 9 aromatic rings. The molecule has 12 rings (SSSR count). The fourth-order valence-corrected chi connectivity index (χ4v) is 11.6. The smallest absolute Gasteiger partial charge is 0.198 e. The standard InChI is InChI=1S/C58H49BN2O/c1-36-33-41(52-47(29-30-51-53(52)40-21-12-15-26-50(40)62-51)60-39-27-28-42-45(35-39)57(4,5)32-31-56(42,2)3)54-49(34-36)61-48-25-14-13-22-43(48)58(37-17-8-6-9-18-37,38-19-10-7-11-20-38)44-23-16-24-46(59-54)55(44)61/h6-30,33-35,59-60H,31-32H2,1-5H3. The summed E-state index contributed by atoms with van der Waals surface area (Å²) in [5.74, 6) is 0. The minimum atomic E-state index is -0.512. The Morgan fingerprint density at radius 3 is 2.02 bits per heavy atom. The number of furan rings is 1. The van der Waals surface area contributed by atoms with E-state index in [0.29, 0.717) is 0 Å². The third-order valence-corrected chi connectivity index (χ3v) is 14.6. The maximum absolute atomic E-state index is 6.66. The zero-order valence-corrected chi connectivity index (χ0v) is 36.1. The van der Waals surface area contributed by atoms with Crippen LogP contribution in [-0.2, 0) is 16.2 Å². The van der Waals surface area contributed by atoms with Crippen molar-refractivity contribution in [3.05, 3.63) is 209 Å². The van der Waals surface area contributed by atoms with E-state index >= 15 is 0 Å². The van der Waals surface area contributed by atoms with Gasteiger partial charge < -0.3 is 14.6 Å². The molecule has 0 radical (unpaired) electrons. The predicted molar refractivity (Wildman–Crippen MR) is 262 cm³/mol. The average molecular weight is 801 g/mol. The number of para-hydroxylation sites is 3. The molecule has 2 aliphatic heterocycles. The molecular formula is C58H49BN2O. The van der Waals surface area contributed by atoms with Crippen LogP contribution < -0.4 is 21.1 Å². The van der Waals surface area contributed by atoms with Crippen LogP contribution in [0.3, 0.4) is 0 Å². The van der Waals surface area contributed by atoms with Crippen molar-refractivity contribution in [2.75, 3.05) is 10.2 Å². The van der Waals surface area contributed by atoms with Gasteiger partial charge >= 0.3 is 0 Å². The van der Waals surface area contributed by atoms with Crippen molar-refractivity contribution in [3.8, 4) is 11.1 Å². The van der Waals surface area contributed by atoms with Crippen LogP contribution in [0.2, 0.25) is 0 Å². The van der Waals surface area contributed by atoms with Crippen LogP contribution in [0.5, 0.6) is 0 Å². The second-order valence-electron chi connectivity index (χ2n) is 19.2. The number of hydrogen-bond acceptors (Lipinski definition) is 3. The van der Waals surface area contributed by atoms with Gasteiger partial charge in [0.2, 0.25) is 0 Å². The summed E-state index contributed by atoms with van der Waals surface area (Å²) >= 11 is 0. The summed E-state index contributed by atoms with van der Waals surface area (Å²) in [6.45, 7) is 11.9. The van der Waals surface area contributed by atoms with Gasteiger partial charge in [0.1, 0.15) is 11.2 Å². The van der Waals surface area contributed by atoms with Gasteiger partial charge in [-0.1, -0.05) is 161 Å². The van der Waals surface area contributed by atoms with E-state index in [2.05, 4.69) is 215 Å². The topological polar surface area (TPSA) is 28.4 Å². The summed E-state index contributed by atoms with van der Waals surface area (Å²) in [7, 11) is 0.792. The largest absolute Gasteiger partial charge is 0.456 e. The van der Waals surface area contributed by atoms with Crippen molar-refractivity contribution in [1.29, 1.82) is 0 Å². The molecule has 62 heavy (non-hydrogen) atoms. The van der Waals surface area contributed by atoms with Crippen LogP contribution in [0, 0.1) is 6.92 Å².